The minimum atomic E-state index is 0.0739. The highest BCUT2D eigenvalue weighted by molar-refractivity contribution is 9.09. The molecule has 0 N–H and O–H groups in total. The number of hydrogen-bond acceptors (Lipinski definition) is 2. The Labute approximate surface area is 105 Å². The first-order valence-electron chi connectivity index (χ1n) is 5.57. The summed E-state index contributed by atoms with van der Waals surface area (Å²) < 4.78 is 1.74. The second kappa shape index (κ2) is 6.86. The van der Waals surface area contributed by atoms with Crippen LogP contribution in [-0.2, 0) is 6.54 Å². The molecule has 1 unspecified atom stereocenters. The van der Waals surface area contributed by atoms with Gasteiger partial charge >= 0.3 is 0 Å². The lowest BCUT2D eigenvalue weighted by Crippen LogP contribution is -2.29. The quantitative estimate of drug-likeness (QED) is 0.747. The van der Waals surface area contributed by atoms with Gasteiger partial charge in [0.1, 0.15) is 0 Å². The van der Waals surface area contributed by atoms with E-state index in [4.69, 9.17) is 0 Å². The molecule has 0 aliphatic heterocycles. The highest BCUT2D eigenvalue weighted by atomic mass is 79.9. The Kier molecular flexibility index (Phi) is 5.77. The molecule has 1 heterocycles. The standard InChI is InChI=1S/C12H19BrN2O/c1-11(13)6-8-14(2)9-10-15-7-4-3-5-12(15)16/h3-5,7,11H,6,8-10H2,1-2H3. The summed E-state index contributed by atoms with van der Waals surface area (Å²) in [4.78, 5) is 14.2. The summed E-state index contributed by atoms with van der Waals surface area (Å²) in [6.07, 6.45) is 2.96. The van der Waals surface area contributed by atoms with Gasteiger partial charge in [-0.15, -0.1) is 0 Å². The number of aromatic nitrogens is 1. The van der Waals surface area contributed by atoms with E-state index in [1.165, 1.54) is 0 Å². The molecule has 0 saturated heterocycles. The molecule has 1 atom stereocenters. The van der Waals surface area contributed by atoms with Gasteiger partial charge < -0.3 is 9.47 Å². The number of halogens is 1. The SMILES string of the molecule is CC(Br)CCN(C)CCn1ccccc1=O. The number of likely N-dealkylation sites (N-methyl/N-ethyl adjacent to an activating group) is 1. The lowest BCUT2D eigenvalue weighted by Gasteiger charge is -2.17. The van der Waals surface area contributed by atoms with Gasteiger partial charge in [-0.1, -0.05) is 28.9 Å². The van der Waals surface area contributed by atoms with Crippen LogP contribution in [0.1, 0.15) is 13.3 Å². The molecule has 0 saturated carbocycles. The lowest BCUT2D eigenvalue weighted by atomic mass is 10.3. The summed E-state index contributed by atoms with van der Waals surface area (Å²) in [5.41, 5.74) is 0.0739. The maximum Gasteiger partial charge on any atom is 0.250 e. The Morgan fingerprint density at radius 1 is 1.44 bits per heavy atom. The van der Waals surface area contributed by atoms with E-state index in [0.29, 0.717) is 4.83 Å². The molecule has 0 bridgehead atoms. The van der Waals surface area contributed by atoms with Gasteiger partial charge in [0.2, 0.25) is 0 Å². The Hall–Kier alpha value is -0.610. The normalized spacial score (nSPS) is 13.0. The van der Waals surface area contributed by atoms with E-state index in [0.717, 1.165) is 26.1 Å². The van der Waals surface area contributed by atoms with Gasteiger partial charge in [-0.25, -0.2) is 0 Å². The second-order valence-corrected chi connectivity index (χ2v) is 5.67. The Morgan fingerprint density at radius 2 is 2.19 bits per heavy atom. The van der Waals surface area contributed by atoms with Gasteiger partial charge in [-0.05, 0) is 26.1 Å². The third-order valence-corrected chi connectivity index (χ3v) is 2.99. The highest BCUT2D eigenvalue weighted by Gasteiger charge is 2.02. The van der Waals surface area contributed by atoms with Crippen LogP contribution in [-0.4, -0.2) is 34.4 Å². The van der Waals surface area contributed by atoms with E-state index in [9.17, 15) is 4.79 Å². The summed E-state index contributed by atoms with van der Waals surface area (Å²) in [5, 5.41) is 0. The molecular formula is C12H19BrN2O. The Morgan fingerprint density at radius 3 is 2.81 bits per heavy atom. The molecule has 1 aromatic heterocycles. The van der Waals surface area contributed by atoms with E-state index in [-0.39, 0.29) is 5.56 Å². The minimum Gasteiger partial charge on any atom is -0.314 e. The van der Waals surface area contributed by atoms with Crippen molar-refractivity contribution in [3.63, 3.8) is 0 Å². The van der Waals surface area contributed by atoms with Crippen molar-refractivity contribution in [2.75, 3.05) is 20.1 Å². The molecule has 0 fully saturated rings. The van der Waals surface area contributed by atoms with Crippen LogP contribution in [0.4, 0.5) is 0 Å². The van der Waals surface area contributed by atoms with E-state index < -0.39 is 0 Å². The largest absolute Gasteiger partial charge is 0.314 e. The van der Waals surface area contributed by atoms with Crippen molar-refractivity contribution in [1.82, 2.24) is 9.47 Å². The van der Waals surface area contributed by atoms with Gasteiger partial charge in [0.25, 0.3) is 5.56 Å². The van der Waals surface area contributed by atoms with Crippen molar-refractivity contribution in [2.24, 2.45) is 0 Å². The fraction of sp³-hybridized carbons (Fsp3) is 0.583. The molecule has 16 heavy (non-hydrogen) atoms. The molecule has 0 aromatic carbocycles. The van der Waals surface area contributed by atoms with E-state index >= 15 is 0 Å². The third-order valence-electron chi connectivity index (χ3n) is 2.53. The lowest BCUT2D eigenvalue weighted by molar-refractivity contribution is 0.313. The van der Waals surface area contributed by atoms with Crippen molar-refractivity contribution < 1.29 is 0 Å². The Bertz CT molecular complexity index is 362. The summed E-state index contributed by atoms with van der Waals surface area (Å²) >= 11 is 3.53. The molecule has 0 aliphatic rings. The summed E-state index contributed by atoms with van der Waals surface area (Å²) in [6.45, 7) is 4.86. The monoisotopic (exact) mass is 286 g/mol. The molecule has 0 aliphatic carbocycles. The van der Waals surface area contributed by atoms with Crippen molar-refractivity contribution in [1.29, 1.82) is 0 Å². The number of nitrogens with zero attached hydrogens (tertiary/aromatic N) is 2. The van der Waals surface area contributed by atoms with Crippen molar-refractivity contribution in [3.05, 3.63) is 34.7 Å². The van der Waals surface area contributed by atoms with E-state index in [2.05, 4.69) is 34.8 Å². The van der Waals surface area contributed by atoms with Crippen molar-refractivity contribution in [3.8, 4) is 0 Å². The van der Waals surface area contributed by atoms with Crippen LogP contribution >= 0.6 is 15.9 Å². The van der Waals surface area contributed by atoms with Crippen LogP contribution in [0.25, 0.3) is 0 Å². The number of alkyl halides is 1. The molecule has 90 valence electrons. The molecule has 4 heteroatoms. The first-order chi connectivity index (χ1) is 7.59. The minimum absolute atomic E-state index is 0.0739. The fourth-order valence-corrected chi connectivity index (χ4v) is 1.64. The molecular weight excluding hydrogens is 268 g/mol. The summed E-state index contributed by atoms with van der Waals surface area (Å²) in [7, 11) is 2.09. The average molecular weight is 287 g/mol. The molecule has 0 radical (unpaired) electrons. The number of pyridine rings is 1. The zero-order valence-corrected chi connectivity index (χ0v) is 11.5. The van der Waals surface area contributed by atoms with Crippen LogP contribution in [0, 0.1) is 0 Å². The number of rotatable bonds is 6. The van der Waals surface area contributed by atoms with Gasteiger partial charge in [0, 0.05) is 30.2 Å². The van der Waals surface area contributed by atoms with Crippen LogP contribution in [0.2, 0.25) is 0 Å². The predicted octanol–water partition coefficient (Wildman–Crippen LogP) is 1.95. The maximum absolute atomic E-state index is 11.4. The fourth-order valence-electron chi connectivity index (χ4n) is 1.43. The van der Waals surface area contributed by atoms with Crippen LogP contribution < -0.4 is 5.56 Å². The second-order valence-electron chi connectivity index (χ2n) is 4.10. The molecule has 1 aromatic rings. The van der Waals surface area contributed by atoms with Crippen molar-refractivity contribution in [2.45, 2.75) is 24.7 Å². The highest BCUT2D eigenvalue weighted by Crippen LogP contribution is 2.03. The van der Waals surface area contributed by atoms with Gasteiger partial charge in [-0.2, -0.15) is 0 Å². The first kappa shape index (κ1) is 13.5. The third kappa shape index (κ3) is 4.94. The first-order valence-corrected chi connectivity index (χ1v) is 6.49. The van der Waals surface area contributed by atoms with Gasteiger partial charge in [-0.3, -0.25) is 4.79 Å². The summed E-state index contributed by atoms with van der Waals surface area (Å²) in [6, 6.07) is 5.26. The van der Waals surface area contributed by atoms with Gasteiger partial charge in [0.05, 0.1) is 0 Å². The zero-order chi connectivity index (χ0) is 12.0. The van der Waals surface area contributed by atoms with Crippen LogP contribution in [0.3, 0.4) is 0 Å². The van der Waals surface area contributed by atoms with Crippen LogP contribution in [0.15, 0.2) is 29.2 Å². The topological polar surface area (TPSA) is 25.2 Å². The average Bonchev–Trinajstić information content (AvgIpc) is 2.25. The van der Waals surface area contributed by atoms with E-state index in [1.54, 1.807) is 16.7 Å². The zero-order valence-electron chi connectivity index (χ0n) is 9.90. The predicted molar refractivity (Wildman–Crippen MR) is 71.2 cm³/mol. The number of hydrogen-bond donors (Lipinski definition) is 0. The molecule has 3 nitrogen and oxygen atoms in total. The molecule has 0 amide bonds. The summed E-state index contributed by atoms with van der Waals surface area (Å²) in [5.74, 6) is 0. The van der Waals surface area contributed by atoms with Crippen LogP contribution in [0.5, 0.6) is 0 Å². The molecule has 1 rings (SSSR count). The van der Waals surface area contributed by atoms with E-state index in [1.807, 2.05) is 12.3 Å². The maximum atomic E-state index is 11.4. The smallest absolute Gasteiger partial charge is 0.250 e. The molecule has 0 spiro atoms. The Balaban J connectivity index is 2.34. The van der Waals surface area contributed by atoms with Crippen molar-refractivity contribution >= 4 is 15.9 Å². The van der Waals surface area contributed by atoms with Gasteiger partial charge in [0.15, 0.2) is 0 Å².